The molecule has 3 aromatic heterocycles. The Kier molecular flexibility index (Phi) is 3.22. The second kappa shape index (κ2) is 5.36. The van der Waals surface area contributed by atoms with Crippen LogP contribution in [0.15, 0.2) is 22.6 Å². The van der Waals surface area contributed by atoms with Crippen molar-refractivity contribution in [2.75, 3.05) is 18.0 Å². The van der Waals surface area contributed by atoms with E-state index >= 15 is 0 Å². The monoisotopic (exact) mass is 353 g/mol. The number of anilines is 1. The first-order valence-electron chi connectivity index (χ1n) is 8.70. The van der Waals surface area contributed by atoms with Gasteiger partial charge in [-0.3, -0.25) is 4.79 Å². The number of fused-ring (bicyclic) bond motifs is 3. The molecular weight excluding hydrogens is 334 g/mol. The Labute approximate surface area is 149 Å². The Balaban J connectivity index is 1.59. The van der Waals surface area contributed by atoms with Gasteiger partial charge >= 0.3 is 0 Å². The fraction of sp³-hybridized carbons (Fsp3) is 0.444. The molecule has 1 spiro atoms. The molecule has 0 aromatic carbocycles. The van der Waals surface area contributed by atoms with Crippen molar-refractivity contribution in [2.24, 2.45) is 0 Å². The zero-order valence-electron chi connectivity index (χ0n) is 14.1. The lowest BCUT2D eigenvalue weighted by atomic mass is 9.77. The Hall–Kier alpha value is -2.28. The Morgan fingerprint density at radius 1 is 1.32 bits per heavy atom. The molecule has 1 aliphatic heterocycles. The molecule has 7 heteroatoms. The highest BCUT2D eigenvalue weighted by atomic mass is 32.1. The molecule has 1 N–H and O–H groups in total. The van der Waals surface area contributed by atoms with Crippen molar-refractivity contribution in [3.8, 4) is 0 Å². The van der Waals surface area contributed by atoms with Gasteiger partial charge in [0.15, 0.2) is 0 Å². The van der Waals surface area contributed by atoms with Gasteiger partial charge in [-0.2, -0.15) is 0 Å². The number of aromatic amines is 1. The fourth-order valence-corrected chi connectivity index (χ4v) is 5.34. The van der Waals surface area contributed by atoms with E-state index in [-0.39, 0.29) is 11.0 Å². The van der Waals surface area contributed by atoms with Crippen LogP contribution in [0, 0.1) is 6.92 Å². The first-order valence-corrected chi connectivity index (χ1v) is 9.58. The maximum atomic E-state index is 12.3. The third-order valence-corrected chi connectivity index (χ3v) is 6.49. The zero-order chi connectivity index (χ0) is 17.0. The number of rotatable bonds is 1. The lowest BCUT2D eigenvalue weighted by molar-refractivity contribution is 0.333. The van der Waals surface area contributed by atoms with Crippen molar-refractivity contribution >= 4 is 27.4 Å². The molecule has 0 saturated carbocycles. The molecule has 5 rings (SSSR count). The molecule has 25 heavy (non-hydrogen) atoms. The molecule has 1 fully saturated rings. The minimum Gasteiger partial charge on any atom is -0.354 e. The third kappa shape index (κ3) is 2.22. The van der Waals surface area contributed by atoms with Gasteiger partial charge in [-0.15, -0.1) is 11.3 Å². The van der Waals surface area contributed by atoms with Gasteiger partial charge in [0.1, 0.15) is 18.0 Å². The van der Waals surface area contributed by atoms with Crippen LogP contribution in [0.25, 0.3) is 10.2 Å². The number of aromatic nitrogens is 4. The standard InChI is InChI=1S/C18H19N5OS/c1-11-21-15-12(17(24)22-11)3-6-18(15)5-2-7-23(9-18)16-14-13(4-8-25-14)19-10-20-16/h4,8,10H,2-3,5-7,9H2,1H3,(H,21,22,24). The van der Waals surface area contributed by atoms with Gasteiger partial charge in [-0.1, -0.05) is 0 Å². The smallest absolute Gasteiger partial charge is 0.254 e. The molecule has 0 bridgehead atoms. The number of nitrogens with zero attached hydrogens (tertiary/aromatic N) is 4. The average Bonchev–Trinajstić information content (AvgIpc) is 3.21. The normalized spacial score (nSPS) is 22.7. The summed E-state index contributed by atoms with van der Waals surface area (Å²) < 4.78 is 1.15. The number of H-pyrrole nitrogens is 1. The van der Waals surface area contributed by atoms with E-state index < -0.39 is 0 Å². The van der Waals surface area contributed by atoms with Gasteiger partial charge < -0.3 is 9.88 Å². The summed E-state index contributed by atoms with van der Waals surface area (Å²) in [6.45, 7) is 3.73. The van der Waals surface area contributed by atoms with Crippen LogP contribution in [0.5, 0.6) is 0 Å². The molecule has 3 aromatic rings. The molecule has 0 radical (unpaired) electrons. The van der Waals surface area contributed by atoms with E-state index in [2.05, 4.69) is 25.2 Å². The number of hydrogen-bond acceptors (Lipinski definition) is 6. The van der Waals surface area contributed by atoms with E-state index in [0.717, 1.165) is 66.1 Å². The first kappa shape index (κ1) is 15.0. The summed E-state index contributed by atoms with van der Waals surface area (Å²) in [5, 5.41) is 2.07. The molecule has 0 amide bonds. The summed E-state index contributed by atoms with van der Waals surface area (Å²) in [4.78, 5) is 31.3. The van der Waals surface area contributed by atoms with Gasteiger partial charge in [0.2, 0.25) is 0 Å². The highest BCUT2D eigenvalue weighted by Crippen LogP contribution is 2.44. The van der Waals surface area contributed by atoms with Crippen molar-refractivity contribution < 1.29 is 0 Å². The first-order chi connectivity index (χ1) is 12.2. The molecule has 6 nitrogen and oxygen atoms in total. The highest BCUT2D eigenvalue weighted by Gasteiger charge is 2.45. The molecule has 128 valence electrons. The van der Waals surface area contributed by atoms with Crippen molar-refractivity contribution in [1.82, 2.24) is 19.9 Å². The average molecular weight is 353 g/mol. The van der Waals surface area contributed by atoms with Crippen LogP contribution in [-0.2, 0) is 11.8 Å². The van der Waals surface area contributed by atoms with Crippen molar-refractivity contribution in [3.63, 3.8) is 0 Å². The van der Waals surface area contributed by atoms with Crippen LogP contribution in [0.4, 0.5) is 5.82 Å². The molecule has 4 heterocycles. The second-order valence-electron chi connectivity index (χ2n) is 7.12. The molecule has 1 aliphatic carbocycles. The number of aryl methyl sites for hydroxylation is 1. The number of hydrogen-bond donors (Lipinski definition) is 1. The summed E-state index contributed by atoms with van der Waals surface area (Å²) in [7, 11) is 0. The SMILES string of the molecule is Cc1nc2c(c(=O)[nH]1)CCC21CCCN(c2ncnc3ccsc23)C1. The Bertz CT molecular complexity index is 1030. The summed E-state index contributed by atoms with van der Waals surface area (Å²) in [6.07, 6.45) is 5.65. The largest absolute Gasteiger partial charge is 0.354 e. The molecular formula is C18H19N5OS. The number of thiophene rings is 1. The minimum atomic E-state index is -0.0267. The predicted molar refractivity (Wildman–Crippen MR) is 98.5 cm³/mol. The van der Waals surface area contributed by atoms with Gasteiger partial charge in [0.05, 0.1) is 15.9 Å². The Morgan fingerprint density at radius 3 is 3.16 bits per heavy atom. The minimum absolute atomic E-state index is 0.0267. The number of piperidine rings is 1. The maximum absolute atomic E-state index is 12.3. The van der Waals surface area contributed by atoms with E-state index in [1.54, 1.807) is 17.7 Å². The van der Waals surface area contributed by atoms with Crippen molar-refractivity contribution in [3.05, 3.63) is 45.2 Å². The third-order valence-electron chi connectivity index (χ3n) is 5.59. The summed E-state index contributed by atoms with van der Waals surface area (Å²) in [5.41, 5.74) is 2.93. The van der Waals surface area contributed by atoms with Crippen molar-refractivity contribution in [1.29, 1.82) is 0 Å². The van der Waals surface area contributed by atoms with Crippen molar-refractivity contribution in [2.45, 2.75) is 38.0 Å². The zero-order valence-corrected chi connectivity index (χ0v) is 14.9. The second-order valence-corrected chi connectivity index (χ2v) is 8.03. The lowest BCUT2D eigenvalue weighted by Crippen LogP contribution is -2.46. The predicted octanol–water partition coefficient (Wildman–Crippen LogP) is 2.57. The van der Waals surface area contributed by atoms with Gasteiger partial charge in [-0.25, -0.2) is 15.0 Å². The van der Waals surface area contributed by atoms with E-state index in [1.165, 1.54) is 0 Å². The molecule has 1 unspecified atom stereocenters. The van der Waals surface area contributed by atoms with Crippen LogP contribution in [-0.4, -0.2) is 33.0 Å². The van der Waals surface area contributed by atoms with Crippen LogP contribution in [0.1, 0.15) is 36.3 Å². The fourth-order valence-electron chi connectivity index (χ4n) is 4.47. The highest BCUT2D eigenvalue weighted by molar-refractivity contribution is 7.17. The van der Waals surface area contributed by atoms with Gasteiger partial charge in [-0.05, 0) is 44.1 Å². The molecule has 1 saturated heterocycles. The Morgan fingerprint density at radius 2 is 2.24 bits per heavy atom. The quantitative estimate of drug-likeness (QED) is 0.728. The van der Waals surface area contributed by atoms with Crippen LogP contribution in [0.3, 0.4) is 0 Å². The van der Waals surface area contributed by atoms with Gasteiger partial charge in [0, 0.05) is 24.1 Å². The van der Waals surface area contributed by atoms with E-state index in [1.807, 2.05) is 13.0 Å². The maximum Gasteiger partial charge on any atom is 0.254 e. The lowest BCUT2D eigenvalue weighted by Gasteiger charge is -2.41. The summed E-state index contributed by atoms with van der Waals surface area (Å²) in [6, 6.07) is 2.04. The summed E-state index contributed by atoms with van der Waals surface area (Å²) >= 11 is 1.69. The topological polar surface area (TPSA) is 74.8 Å². The van der Waals surface area contributed by atoms with E-state index in [0.29, 0.717) is 5.82 Å². The van der Waals surface area contributed by atoms with E-state index in [9.17, 15) is 4.79 Å². The van der Waals surface area contributed by atoms with Crippen LogP contribution >= 0.6 is 11.3 Å². The number of nitrogens with one attached hydrogen (secondary N) is 1. The van der Waals surface area contributed by atoms with Crippen LogP contribution < -0.4 is 10.5 Å². The molecule has 2 aliphatic rings. The van der Waals surface area contributed by atoms with Crippen LogP contribution in [0.2, 0.25) is 0 Å². The van der Waals surface area contributed by atoms with E-state index in [4.69, 9.17) is 4.98 Å². The summed E-state index contributed by atoms with van der Waals surface area (Å²) in [5.74, 6) is 1.74. The van der Waals surface area contributed by atoms with Gasteiger partial charge in [0.25, 0.3) is 5.56 Å². The molecule has 1 atom stereocenters.